The fraction of sp³-hybridized carbons (Fsp3) is 0.710. The molecule has 1 heterocycles. The van der Waals surface area contributed by atoms with Crippen LogP contribution in [0.3, 0.4) is 0 Å². The number of ketones is 1. The molecular weight excluding hydrogens is 516 g/mol. The third-order valence-electron chi connectivity index (χ3n) is 11.6. The highest BCUT2D eigenvalue weighted by molar-refractivity contribution is 9.10. The molecule has 1 spiro atoms. The molecule has 0 bridgehead atoms. The number of benzene rings is 1. The Labute approximate surface area is 224 Å². The molecule has 6 rings (SSSR count). The van der Waals surface area contributed by atoms with Crippen molar-refractivity contribution in [3.8, 4) is 0 Å². The van der Waals surface area contributed by atoms with Gasteiger partial charge in [0.1, 0.15) is 11.9 Å². The summed E-state index contributed by atoms with van der Waals surface area (Å²) in [6, 6.07) is 8.13. The lowest BCUT2D eigenvalue weighted by atomic mass is 9.44. The predicted octanol–water partition coefficient (Wildman–Crippen LogP) is 7.75. The number of fused-ring (bicyclic) bond motifs is 5. The first-order valence-electron chi connectivity index (χ1n) is 14.1. The minimum absolute atomic E-state index is 0.224. The van der Waals surface area contributed by atoms with Gasteiger partial charge in [0.2, 0.25) is 5.79 Å². The van der Waals surface area contributed by atoms with Gasteiger partial charge in [0, 0.05) is 23.2 Å². The predicted molar refractivity (Wildman–Crippen MR) is 144 cm³/mol. The van der Waals surface area contributed by atoms with Crippen molar-refractivity contribution < 1.29 is 19.3 Å². The van der Waals surface area contributed by atoms with Crippen molar-refractivity contribution in [1.29, 1.82) is 0 Å². The quantitative estimate of drug-likeness (QED) is 0.357. The first kappa shape index (κ1) is 25.3. The molecule has 5 heteroatoms. The Morgan fingerprint density at radius 3 is 2.42 bits per heavy atom. The van der Waals surface area contributed by atoms with Crippen LogP contribution in [-0.2, 0) is 19.3 Å². The van der Waals surface area contributed by atoms with Gasteiger partial charge in [-0.2, -0.15) is 0 Å². The molecule has 196 valence electrons. The maximum atomic E-state index is 12.4. The van der Waals surface area contributed by atoms with Gasteiger partial charge in [-0.3, -0.25) is 4.79 Å². The SMILES string of the molecule is C=C(c1ccc(Br)cc1)C1COC2(CC[C@]3(C)C4CC[C@]5(C)C(C(C)=O)CCC5C4CC[C@@H]3C2)OO1. The summed E-state index contributed by atoms with van der Waals surface area (Å²) in [5, 5.41) is 0. The van der Waals surface area contributed by atoms with Gasteiger partial charge in [-0.1, -0.05) is 48.5 Å². The van der Waals surface area contributed by atoms with Crippen LogP contribution >= 0.6 is 15.9 Å². The molecule has 36 heavy (non-hydrogen) atoms. The van der Waals surface area contributed by atoms with Gasteiger partial charge in [0.05, 0.1) is 6.61 Å². The summed E-state index contributed by atoms with van der Waals surface area (Å²) < 4.78 is 7.53. The van der Waals surface area contributed by atoms with Crippen molar-refractivity contribution in [1.82, 2.24) is 0 Å². The molecule has 0 radical (unpaired) electrons. The van der Waals surface area contributed by atoms with Gasteiger partial charge in [-0.25, -0.2) is 9.78 Å². The van der Waals surface area contributed by atoms with Gasteiger partial charge in [0.25, 0.3) is 0 Å². The maximum Gasteiger partial charge on any atom is 0.202 e. The Bertz CT molecular complexity index is 1030. The van der Waals surface area contributed by atoms with Crippen molar-refractivity contribution in [2.75, 3.05) is 6.61 Å². The third-order valence-corrected chi connectivity index (χ3v) is 12.1. The normalized spacial score (nSPS) is 46.0. The molecule has 9 atom stereocenters. The second-order valence-electron chi connectivity index (χ2n) is 13.1. The van der Waals surface area contributed by atoms with E-state index in [4.69, 9.17) is 14.5 Å². The number of ether oxygens (including phenoxy) is 1. The topological polar surface area (TPSA) is 44.8 Å². The number of carbonyl (C=O) groups excluding carboxylic acids is 1. The van der Waals surface area contributed by atoms with Crippen molar-refractivity contribution >= 4 is 27.3 Å². The fourth-order valence-electron chi connectivity index (χ4n) is 9.51. The molecule has 4 aliphatic carbocycles. The number of rotatable bonds is 3. The van der Waals surface area contributed by atoms with Gasteiger partial charge in [0.15, 0.2) is 0 Å². The number of hydrogen-bond donors (Lipinski definition) is 0. The smallest absolute Gasteiger partial charge is 0.202 e. The van der Waals surface area contributed by atoms with E-state index < -0.39 is 5.79 Å². The first-order valence-corrected chi connectivity index (χ1v) is 14.9. The van der Waals surface area contributed by atoms with Gasteiger partial charge >= 0.3 is 0 Å². The minimum atomic E-state index is -0.621. The molecule has 4 nitrogen and oxygen atoms in total. The van der Waals surface area contributed by atoms with Crippen LogP contribution in [0.4, 0.5) is 0 Å². The molecule has 1 saturated heterocycles. The summed E-state index contributed by atoms with van der Waals surface area (Å²) in [6.07, 6.45) is 10.0. The second kappa shape index (κ2) is 9.03. The van der Waals surface area contributed by atoms with E-state index in [-0.39, 0.29) is 17.4 Å². The van der Waals surface area contributed by atoms with E-state index in [2.05, 4.69) is 36.4 Å². The van der Waals surface area contributed by atoms with Crippen LogP contribution < -0.4 is 0 Å². The molecule has 0 amide bonds. The van der Waals surface area contributed by atoms with E-state index in [1.54, 1.807) is 0 Å². The van der Waals surface area contributed by atoms with Gasteiger partial charge in [-0.15, -0.1) is 0 Å². The van der Waals surface area contributed by atoms with E-state index in [9.17, 15) is 4.79 Å². The van der Waals surface area contributed by atoms with Crippen LogP contribution in [0.5, 0.6) is 0 Å². The first-order chi connectivity index (χ1) is 17.2. The van der Waals surface area contributed by atoms with Crippen LogP contribution in [0.15, 0.2) is 35.3 Å². The molecular formula is C31H41BrO4. The Morgan fingerprint density at radius 1 is 0.972 bits per heavy atom. The zero-order valence-corrected chi connectivity index (χ0v) is 23.6. The number of halogens is 1. The monoisotopic (exact) mass is 556 g/mol. The molecule has 5 fully saturated rings. The van der Waals surface area contributed by atoms with E-state index >= 15 is 0 Å². The Hall–Kier alpha value is -1.01. The Morgan fingerprint density at radius 2 is 1.72 bits per heavy atom. The van der Waals surface area contributed by atoms with Crippen molar-refractivity contribution in [2.45, 2.75) is 90.4 Å². The summed E-state index contributed by atoms with van der Waals surface area (Å²) in [5.74, 6) is 2.92. The molecule has 5 aliphatic rings. The molecule has 0 N–H and O–H groups in total. The Balaban J connectivity index is 1.12. The standard InChI is InChI=1S/C31H41BrO4/c1-19(21-5-8-23(32)9-6-21)28-18-34-31(36-35-28)16-15-29(3)22(17-31)7-10-24-26-12-11-25(20(2)33)30(26,4)14-13-27(24)29/h5-6,8-9,22,24-28H,1,7,10-18H2,2-4H3/t22-,24?,25?,26?,27?,28?,29+,30-,31?/m1/s1. The molecule has 0 aromatic heterocycles. The average Bonchev–Trinajstić information content (AvgIpc) is 3.23. The summed E-state index contributed by atoms with van der Waals surface area (Å²) in [5.41, 5.74) is 2.49. The number of Topliss-reactive ketones (excluding diaryl/α,β-unsaturated/α-hetero) is 1. The summed E-state index contributed by atoms with van der Waals surface area (Å²) in [7, 11) is 0. The van der Waals surface area contributed by atoms with Gasteiger partial charge in [-0.05, 0) is 110 Å². The molecule has 4 saturated carbocycles. The summed E-state index contributed by atoms with van der Waals surface area (Å²) >= 11 is 3.49. The maximum absolute atomic E-state index is 12.4. The van der Waals surface area contributed by atoms with Crippen molar-refractivity contribution in [3.63, 3.8) is 0 Å². The lowest BCUT2D eigenvalue weighted by molar-refractivity contribution is -0.489. The summed E-state index contributed by atoms with van der Waals surface area (Å²) in [6.45, 7) is 11.6. The van der Waals surface area contributed by atoms with Crippen LogP contribution in [0.25, 0.3) is 5.57 Å². The Kier molecular flexibility index (Phi) is 6.34. The van der Waals surface area contributed by atoms with E-state index in [1.807, 2.05) is 31.2 Å². The average molecular weight is 558 g/mol. The highest BCUT2D eigenvalue weighted by atomic mass is 79.9. The molecule has 1 aromatic carbocycles. The number of carbonyl (C=O) groups is 1. The molecule has 1 aromatic rings. The van der Waals surface area contributed by atoms with Crippen molar-refractivity contribution in [3.05, 3.63) is 40.9 Å². The molecule has 6 unspecified atom stereocenters. The second-order valence-corrected chi connectivity index (χ2v) is 14.0. The van der Waals surface area contributed by atoms with Crippen LogP contribution in [0, 0.1) is 40.4 Å². The van der Waals surface area contributed by atoms with Crippen LogP contribution in [-0.4, -0.2) is 24.3 Å². The van der Waals surface area contributed by atoms with E-state index in [0.717, 1.165) is 59.0 Å². The highest BCUT2D eigenvalue weighted by Crippen LogP contribution is 2.68. The zero-order chi connectivity index (χ0) is 25.3. The van der Waals surface area contributed by atoms with E-state index in [0.29, 0.717) is 23.7 Å². The van der Waals surface area contributed by atoms with Crippen LogP contribution in [0.2, 0.25) is 0 Å². The van der Waals surface area contributed by atoms with Gasteiger partial charge < -0.3 is 4.74 Å². The molecule has 1 aliphatic heterocycles. The lowest BCUT2D eigenvalue weighted by Gasteiger charge is -2.62. The highest BCUT2D eigenvalue weighted by Gasteiger charge is 2.62. The number of hydrogen-bond acceptors (Lipinski definition) is 4. The van der Waals surface area contributed by atoms with Crippen LogP contribution in [0.1, 0.15) is 84.1 Å². The minimum Gasteiger partial charge on any atom is -0.344 e. The third kappa shape index (κ3) is 3.90. The van der Waals surface area contributed by atoms with E-state index in [1.165, 1.54) is 32.1 Å². The zero-order valence-electron chi connectivity index (χ0n) is 22.1. The lowest BCUT2D eigenvalue weighted by Crippen LogP contribution is -2.58. The van der Waals surface area contributed by atoms with Crippen molar-refractivity contribution in [2.24, 2.45) is 40.4 Å². The summed E-state index contributed by atoms with van der Waals surface area (Å²) in [4.78, 5) is 24.5. The largest absolute Gasteiger partial charge is 0.344 e. The fourth-order valence-corrected chi connectivity index (χ4v) is 9.77.